The van der Waals surface area contributed by atoms with Crippen LogP contribution in [0.25, 0.3) is 11.3 Å². The highest BCUT2D eigenvalue weighted by Crippen LogP contribution is 2.31. The number of carbonyl (C=O) groups is 1. The second-order valence-corrected chi connectivity index (χ2v) is 6.49. The minimum atomic E-state index is -0.0892. The monoisotopic (exact) mass is 317 g/mol. The van der Waals surface area contributed by atoms with Gasteiger partial charge >= 0.3 is 0 Å². The number of thiazole rings is 1. The summed E-state index contributed by atoms with van der Waals surface area (Å²) in [6.45, 7) is 2.92. The molecule has 22 heavy (non-hydrogen) atoms. The third-order valence-electron chi connectivity index (χ3n) is 3.77. The van der Waals surface area contributed by atoms with Gasteiger partial charge in [-0.25, -0.2) is 4.98 Å². The molecule has 1 aliphatic rings. The van der Waals surface area contributed by atoms with E-state index in [4.69, 9.17) is 4.74 Å². The zero-order valence-electron chi connectivity index (χ0n) is 12.7. The van der Waals surface area contributed by atoms with Crippen LogP contribution < -0.4 is 15.4 Å². The normalized spacial score (nSPS) is 17.5. The summed E-state index contributed by atoms with van der Waals surface area (Å²) < 4.78 is 5.17. The number of hydrogen-bond donors (Lipinski definition) is 2. The molecule has 1 saturated heterocycles. The molecule has 1 aromatic heterocycles. The fourth-order valence-electron chi connectivity index (χ4n) is 2.57. The topological polar surface area (TPSA) is 63.2 Å². The first-order valence-electron chi connectivity index (χ1n) is 7.33. The number of nitrogens with one attached hydrogen (secondary N) is 2. The molecule has 2 N–H and O–H groups in total. The number of carbonyl (C=O) groups excluding carboxylic acids is 1. The molecule has 0 aliphatic carbocycles. The number of anilines is 1. The van der Waals surface area contributed by atoms with E-state index in [1.165, 1.54) is 11.3 Å². The molecule has 1 aliphatic heterocycles. The molecule has 3 rings (SSSR count). The second-order valence-electron chi connectivity index (χ2n) is 5.29. The Kier molecular flexibility index (Phi) is 4.40. The zero-order valence-corrected chi connectivity index (χ0v) is 13.5. The molecule has 1 fully saturated rings. The lowest BCUT2D eigenvalue weighted by atomic mass is 10.1. The summed E-state index contributed by atoms with van der Waals surface area (Å²) in [7, 11) is 1.65. The van der Waals surface area contributed by atoms with Crippen LogP contribution in [0.4, 0.5) is 5.13 Å². The number of hydrogen-bond acceptors (Lipinski definition) is 5. The van der Waals surface area contributed by atoms with Crippen LogP contribution in [0.15, 0.2) is 24.3 Å². The molecule has 1 aromatic carbocycles. The van der Waals surface area contributed by atoms with Crippen molar-refractivity contribution in [2.75, 3.05) is 19.0 Å². The van der Waals surface area contributed by atoms with Crippen molar-refractivity contribution in [1.29, 1.82) is 0 Å². The van der Waals surface area contributed by atoms with Gasteiger partial charge in [0.05, 0.1) is 18.8 Å². The van der Waals surface area contributed by atoms with E-state index < -0.39 is 0 Å². The maximum Gasteiger partial charge on any atom is 0.243 e. The van der Waals surface area contributed by atoms with Crippen molar-refractivity contribution in [3.63, 3.8) is 0 Å². The van der Waals surface area contributed by atoms with Crippen molar-refractivity contribution in [3.05, 3.63) is 29.1 Å². The standard InChI is InChI=1S/C16H19N3O2S/c1-10-14(11-5-7-12(21-2)8-6-11)18-16(22-10)19-15(20)13-4-3-9-17-13/h5-8,13,17H,3-4,9H2,1-2H3,(H,18,19,20). The van der Waals surface area contributed by atoms with Crippen molar-refractivity contribution < 1.29 is 9.53 Å². The van der Waals surface area contributed by atoms with E-state index in [2.05, 4.69) is 15.6 Å². The number of nitrogens with zero attached hydrogens (tertiary/aromatic N) is 1. The third-order valence-corrected chi connectivity index (χ3v) is 4.65. The maximum atomic E-state index is 12.1. The van der Waals surface area contributed by atoms with Gasteiger partial charge in [0.1, 0.15) is 5.75 Å². The van der Waals surface area contributed by atoms with Gasteiger partial charge in [0, 0.05) is 10.4 Å². The molecule has 116 valence electrons. The van der Waals surface area contributed by atoms with Gasteiger partial charge in [-0.3, -0.25) is 4.79 Å². The summed E-state index contributed by atoms with van der Waals surface area (Å²) in [5.74, 6) is 0.824. The van der Waals surface area contributed by atoms with Gasteiger partial charge in [-0.1, -0.05) is 0 Å². The van der Waals surface area contributed by atoms with Crippen LogP contribution in [0.3, 0.4) is 0 Å². The Morgan fingerprint density at radius 2 is 2.18 bits per heavy atom. The van der Waals surface area contributed by atoms with Crippen molar-refractivity contribution in [1.82, 2.24) is 10.3 Å². The molecule has 2 aromatic rings. The van der Waals surface area contributed by atoms with E-state index in [0.29, 0.717) is 5.13 Å². The number of aromatic nitrogens is 1. The van der Waals surface area contributed by atoms with Crippen molar-refractivity contribution in [2.24, 2.45) is 0 Å². The van der Waals surface area contributed by atoms with Gasteiger partial charge in [-0.2, -0.15) is 0 Å². The van der Waals surface area contributed by atoms with Crippen LogP contribution in [0.5, 0.6) is 5.75 Å². The van der Waals surface area contributed by atoms with Crippen molar-refractivity contribution in [3.8, 4) is 17.0 Å². The molecule has 0 spiro atoms. The molecule has 1 amide bonds. The first-order chi connectivity index (χ1) is 10.7. The Morgan fingerprint density at radius 1 is 1.41 bits per heavy atom. The van der Waals surface area contributed by atoms with Crippen LogP contribution in [-0.2, 0) is 4.79 Å². The minimum Gasteiger partial charge on any atom is -0.497 e. The fraction of sp³-hybridized carbons (Fsp3) is 0.375. The molecule has 5 nitrogen and oxygen atoms in total. The SMILES string of the molecule is COc1ccc(-c2nc(NC(=O)C3CCCN3)sc2C)cc1. The maximum absolute atomic E-state index is 12.1. The van der Waals surface area contributed by atoms with Crippen LogP contribution in [0.2, 0.25) is 0 Å². The Morgan fingerprint density at radius 3 is 2.82 bits per heavy atom. The summed E-state index contributed by atoms with van der Waals surface area (Å²) in [5, 5.41) is 6.77. The van der Waals surface area contributed by atoms with Gasteiger partial charge in [-0.05, 0) is 50.6 Å². The largest absolute Gasteiger partial charge is 0.497 e. The van der Waals surface area contributed by atoms with E-state index >= 15 is 0 Å². The van der Waals surface area contributed by atoms with Crippen LogP contribution >= 0.6 is 11.3 Å². The van der Waals surface area contributed by atoms with Crippen molar-refractivity contribution >= 4 is 22.4 Å². The number of rotatable bonds is 4. The molecule has 6 heteroatoms. The number of benzene rings is 1. The smallest absolute Gasteiger partial charge is 0.243 e. The molecule has 1 atom stereocenters. The molecule has 2 heterocycles. The van der Waals surface area contributed by atoms with E-state index in [9.17, 15) is 4.79 Å². The predicted octanol–water partition coefficient (Wildman–Crippen LogP) is 2.82. The Hall–Kier alpha value is -1.92. The van der Waals surface area contributed by atoms with Gasteiger partial charge in [0.25, 0.3) is 0 Å². The molecule has 0 radical (unpaired) electrons. The summed E-state index contributed by atoms with van der Waals surface area (Å²) >= 11 is 1.50. The quantitative estimate of drug-likeness (QED) is 0.910. The number of aryl methyl sites for hydroxylation is 1. The second kappa shape index (κ2) is 6.46. The first-order valence-corrected chi connectivity index (χ1v) is 8.15. The molecular weight excluding hydrogens is 298 g/mol. The minimum absolute atomic E-state index is 0.00697. The number of methoxy groups -OCH3 is 1. The third kappa shape index (κ3) is 3.13. The Bertz CT molecular complexity index is 661. The Balaban J connectivity index is 1.76. The average Bonchev–Trinajstić information content (AvgIpc) is 3.17. The van der Waals surface area contributed by atoms with Crippen LogP contribution in [-0.4, -0.2) is 30.6 Å². The van der Waals surface area contributed by atoms with Crippen LogP contribution in [0, 0.1) is 6.92 Å². The molecular formula is C16H19N3O2S. The van der Waals surface area contributed by atoms with Gasteiger partial charge < -0.3 is 15.4 Å². The van der Waals surface area contributed by atoms with Crippen molar-refractivity contribution in [2.45, 2.75) is 25.8 Å². The summed E-state index contributed by atoms with van der Waals surface area (Å²) in [5.41, 5.74) is 1.93. The lowest BCUT2D eigenvalue weighted by molar-refractivity contribution is -0.117. The highest BCUT2D eigenvalue weighted by Gasteiger charge is 2.23. The first kappa shape index (κ1) is 15.0. The Labute approximate surface area is 133 Å². The lowest BCUT2D eigenvalue weighted by Gasteiger charge is -2.08. The van der Waals surface area contributed by atoms with Gasteiger partial charge in [0.15, 0.2) is 5.13 Å². The molecule has 0 saturated carbocycles. The average molecular weight is 317 g/mol. The summed E-state index contributed by atoms with van der Waals surface area (Å²) in [6.07, 6.45) is 1.94. The number of ether oxygens (including phenoxy) is 1. The van der Waals surface area contributed by atoms with Gasteiger partial charge in [0.2, 0.25) is 5.91 Å². The summed E-state index contributed by atoms with van der Waals surface area (Å²) in [6, 6.07) is 7.69. The fourth-order valence-corrected chi connectivity index (χ4v) is 3.41. The number of amides is 1. The molecule has 0 bridgehead atoms. The summed E-state index contributed by atoms with van der Waals surface area (Å²) in [4.78, 5) is 17.8. The lowest BCUT2D eigenvalue weighted by Crippen LogP contribution is -2.35. The highest BCUT2D eigenvalue weighted by molar-refractivity contribution is 7.16. The van der Waals surface area contributed by atoms with E-state index in [-0.39, 0.29) is 11.9 Å². The predicted molar refractivity (Wildman–Crippen MR) is 88.5 cm³/mol. The van der Waals surface area contributed by atoms with E-state index in [1.807, 2.05) is 31.2 Å². The molecule has 1 unspecified atom stereocenters. The van der Waals surface area contributed by atoms with E-state index in [0.717, 1.165) is 41.3 Å². The van der Waals surface area contributed by atoms with Crippen LogP contribution in [0.1, 0.15) is 17.7 Å². The van der Waals surface area contributed by atoms with E-state index in [1.54, 1.807) is 7.11 Å². The van der Waals surface area contributed by atoms with Gasteiger partial charge in [-0.15, -0.1) is 11.3 Å². The highest BCUT2D eigenvalue weighted by atomic mass is 32.1. The zero-order chi connectivity index (χ0) is 15.5.